The molecule has 3 heteroatoms. The molecular formula is C8H15N3. The van der Waals surface area contributed by atoms with Gasteiger partial charge < -0.3 is 9.80 Å². The van der Waals surface area contributed by atoms with E-state index in [1.165, 1.54) is 12.5 Å². The Labute approximate surface area is 67.7 Å². The lowest BCUT2D eigenvalue weighted by Crippen LogP contribution is -2.35. The van der Waals surface area contributed by atoms with Gasteiger partial charge in [-0.2, -0.15) is 0 Å². The van der Waals surface area contributed by atoms with E-state index in [1.54, 1.807) is 0 Å². The summed E-state index contributed by atoms with van der Waals surface area (Å²) in [5, 5.41) is 0. The molecule has 0 bridgehead atoms. The predicted octanol–water partition coefficient (Wildman–Crippen LogP) is 0.382. The highest BCUT2D eigenvalue weighted by Gasteiger charge is 2.30. The molecule has 0 amide bonds. The third-order valence-corrected chi connectivity index (χ3v) is 2.40. The van der Waals surface area contributed by atoms with Gasteiger partial charge in [-0.3, -0.25) is 4.99 Å². The summed E-state index contributed by atoms with van der Waals surface area (Å²) in [6, 6.07) is 0.608. The van der Waals surface area contributed by atoms with Crippen molar-refractivity contribution in [1.29, 1.82) is 0 Å². The van der Waals surface area contributed by atoms with Crippen LogP contribution in [0.25, 0.3) is 0 Å². The second-order valence-corrected chi connectivity index (χ2v) is 3.46. The Bertz CT molecular complexity index is 186. The van der Waals surface area contributed by atoms with Crippen molar-refractivity contribution in [2.45, 2.75) is 19.9 Å². The van der Waals surface area contributed by atoms with Crippen molar-refractivity contribution in [2.75, 3.05) is 26.2 Å². The number of aliphatic imine (C=N–C) groups is 1. The minimum absolute atomic E-state index is 0.608. The highest BCUT2D eigenvalue weighted by Crippen LogP contribution is 2.15. The third-order valence-electron chi connectivity index (χ3n) is 2.40. The van der Waals surface area contributed by atoms with Gasteiger partial charge in [-0.1, -0.05) is 0 Å². The molecule has 2 rings (SSSR count). The van der Waals surface area contributed by atoms with Gasteiger partial charge in [-0.25, -0.2) is 0 Å². The highest BCUT2D eigenvalue weighted by atomic mass is 15.5. The van der Waals surface area contributed by atoms with Gasteiger partial charge in [0, 0.05) is 25.7 Å². The molecule has 1 fully saturated rings. The van der Waals surface area contributed by atoms with Crippen LogP contribution in [-0.4, -0.2) is 48.0 Å². The Kier molecular flexibility index (Phi) is 1.51. The van der Waals surface area contributed by atoms with Crippen molar-refractivity contribution < 1.29 is 0 Å². The number of rotatable bonds is 1. The molecular weight excluding hydrogens is 138 g/mol. The van der Waals surface area contributed by atoms with Crippen LogP contribution < -0.4 is 0 Å². The Hall–Kier alpha value is -0.730. The lowest BCUT2D eigenvalue weighted by molar-refractivity contribution is 0.383. The van der Waals surface area contributed by atoms with Gasteiger partial charge >= 0.3 is 0 Å². The first kappa shape index (κ1) is 6.95. The summed E-state index contributed by atoms with van der Waals surface area (Å²) >= 11 is 0. The lowest BCUT2D eigenvalue weighted by atomic mass is 10.3. The fourth-order valence-corrected chi connectivity index (χ4v) is 1.77. The lowest BCUT2D eigenvalue weighted by Gasteiger charge is -2.22. The fourth-order valence-electron chi connectivity index (χ4n) is 1.77. The number of hydrogen-bond acceptors (Lipinski definition) is 3. The monoisotopic (exact) mass is 153 g/mol. The average molecular weight is 153 g/mol. The zero-order valence-electron chi connectivity index (χ0n) is 7.25. The van der Waals surface area contributed by atoms with Gasteiger partial charge in [0.1, 0.15) is 0 Å². The molecule has 2 aliphatic heterocycles. The van der Waals surface area contributed by atoms with Crippen LogP contribution in [0.2, 0.25) is 0 Å². The topological polar surface area (TPSA) is 18.8 Å². The Morgan fingerprint density at radius 2 is 2.09 bits per heavy atom. The van der Waals surface area contributed by atoms with E-state index < -0.39 is 0 Å². The molecule has 2 heterocycles. The molecule has 0 aliphatic carbocycles. The average Bonchev–Trinajstić information content (AvgIpc) is 2.41. The number of guanidine groups is 1. The summed E-state index contributed by atoms with van der Waals surface area (Å²) in [5.74, 6) is 1.24. The molecule has 0 atom stereocenters. The summed E-state index contributed by atoms with van der Waals surface area (Å²) in [4.78, 5) is 9.23. The van der Waals surface area contributed by atoms with E-state index in [0.717, 1.165) is 19.6 Å². The van der Waals surface area contributed by atoms with Crippen LogP contribution in [-0.2, 0) is 0 Å². The SMILES string of the molecule is CC(C)N1CCN2CCN=C21. The van der Waals surface area contributed by atoms with Crippen LogP contribution in [0.4, 0.5) is 0 Å². The molecule has 0 spiro atoms. The largest absolute Gasteiger partial charge is 0.339 e. The van der Waals surface area contributed by atoms with Gasteiger partial charge in [0.05, 0.1) is 6.54 Å². The van der Waals surface area contributed by atoms with E-state index in [1.807, 2.05) is 0 Å². The smallest absolute Gasteiger partial charge is 0.197 e. The fraction of sp³-hybridized carbons (Fsp3) is 0.875. The highest BCUT2D eigenvalue weighted by molar-refractivity contribution is 5.83. The molecule has 11 heavy (non-hydrogen) atoms. The zero-order valence-corrected chi connectivity index (χ0v) is 7.25. The standard InChI is InChI=1S/C8H15N3/c1-7(2)11-6-5-10-4-3-9-8(10)11/h7H,3-6H2,1-2H3. The van der Waals surface area contributed by atoms with Crippen molar-refractivity contribution in [3.63, 3.8) is 0 Å². The normalized spacial score (nSPS) is 23.0. The first-order valence-electron chi connectivity index (χ1n) is 4.35. The van der Waals surface area contributed by atoms with Gasteiger partial charge in [-0.05, 0) is 13.8 Å². The minimum Gasteiger partial charge on any atom is -0.339 e. The van der Waals surface area contributed by atoms with E-state index in [9.17, 15) is 0 Å². The van der Waals surface area contributed by atoms with E-state index in [4.69, 9.17) is 0 Å². The van der Waals surface area contributed by atoms with Crippen LogP contribution in [0.5, 0.6) is 0 Å². The number of fused-ring (bicyclic) bond motifs is 1. The van der Waals surface area contributed by atoms with Crippen molar-refractivity contribution >= 4 is 5.96 Å². The molecule has 0 radical (unpaired) electrons. The molecule has 1 saturated heterocycles. The molecule has 0 aromatic heterocycles. The van der Waals surface area contributed by atoms with Gasteiger partial charge in [0.25, 0.3) is 0 Å². The third kappa shape index (κ3) is 0.988. The minimum atomic E-state index is 0.608. The van der Waals surface area contributed by atoms with Gasteiger partial charge in [0.15, 0.2) is 5.96 Å². The Morgan fingerprint density at radius 3 is 2.82 bits per heavy atom. The summed E-state index contributed by atoms with van der Waals surface area (Å²) in [5.41, 5.74) is 0. The van der Waals surface area contributed by atoms with Gasteiger partial charge in [0.2, 0.25) is 0 Å². The zero-order chi connectivity index (χ0) is 7.84. The Balaban J connectivity index is 2.14. The Morgan fingerprint density at radius 1 is 1.27 bits per heavy atom. The second kappa shape index (κ2) is 2.40. The van der Waals surface area contributed by atoms with E-state index in [-0.39, 0.29) is 0 Å². The maximum atomic E-state index is 4.47. The quantitative estimate of drug-likeness (QED) is 0.542. The molecule has 0 aromatic rings. The first-order valence-corrected chi connectivity index (χ1v) is 4.35. The van der Waals surface area contributed by atoms with Crippen LogP contribution >= 0.6 is 0 Å². The predicted molar refractivity (Wildman–Crippen MR) is 45.7 cm³/mol. The van der Waals surface area contributed by atoms with Crippen LogP contribution in [0.15, 0.2) is 4.99 Å². The number of hydrogen-bond donors (Lipinski definition) is 0. The molecule has 0 aromatic carbocycles. The van der Waals surface area contributed by atoms with E-state index in [2.05, 4.69) is 28.6 Å². The maximum absolute atomic E-state index is 4.47. The van der Waals surface area contributed by atoms with E-state index >= 15 is 0 Å². The molecule has 62 valence electrons. The molecule has 0 N–H and O–H groups in total. The summed E-state index contributed by atoms with van der Waals surface area (Å²) in [6.45, 7) is 8.93. The van der Waals surface area contributed by atoms with Crippen molar-refractivity contribution in [2.24, 2.45) is 4.99 Å². The van der Waals surface area contributed by atoms with Crippen LogP contribution in [0.1, 0.15) is 13.8 Å². The molecule has 2 aliphatic rings. The van der Waals surface area contributed by atoms with E-state index in [0.29, 0.717) is 6.04 Å². The summed E-state index contributed by atoms with van der Waals surface area (Å²) < 4.78 is 0. The first-order chi connectivity index (χ1) is 5.29. The van der Waals surface area contributed by atoms with Crippen molar-refractivity contribution in [3.8, 4) is 0 Å². The maximum Gasteiger partial charge on any atom is 0.197 e. The molecule has 0 saturated carbocycles. The van der Waals surface area contributed by atoms with Crippen LogP contribution in [0, 0.1) is 0 Å². The van der Waals surface area contributed by atoms with Crippen LogP contribution in [0.3, 0.4) is 0 Å². The molecule has 0 unspecified atom stereocenters. The van der Waals surface area contributed by atoms with Crippen molar-refractivity contribution in [1.82, 2.24) is 9.80 Å². The summed E-state index contributed by atoms with van der Waals surface area (Å²) in [6.07, 6.45) is 0. The number of nitrogens with zero attached hydrogens (tertiary/aromatic N) is 3. The molecule has 3 nitrogen and oxygen atoms in total. The summed E-state index contributed by atoms with van der Waals surface area (Å²) in [7, 11) is 0. The van der Waals surface area contributed by atoms with Crippen molar-refractivity contribution in [3.05, 3.63) is 0 Å². The second-order valence-electron chi connectivity index (χ2n) is 3.46. The van der Waals surface area contributed by atoms with Gasteiger partial charge in [-0.15, -0.1) is 0 Å².